The van der Waals surface area contributed by atoms with Crippen LogP contribution in [0.2, 0.25) is 0 Å². The second kappa shape index (κ2) is 9.31. The number of benzene rings is 2. The van der Waals surface area contributed by atoms with Gasteiger partial charge in [0.05, 0.1) is 6.26 Å². The number of carbonyl (C=O) groups excluding carboxylic acids is 2. The van der Waals surface area contributed by atoms with Crippen LogP contribution in [0.25, 0.3) is 0 Å². The molecule has 30 heavy (non-hydrogen) atoms. The average molecular weight is 403 g/mol. The van der Waals surface area contributed by atoms with Crippen LogP contribution >= 0.6 is 0 Å². The van der Waals surface area contributed by atoms with Crippen LogP contribution in [-0.2, 0) is 11.2 Å². The van der Waals surface area contributed by atoms with E-state index in [0.29, 0.717) is 19.5 Å². The summed E-state index contributed by atoms with van der Waals surface area (Å²) in [6.07, 6.45) is 1.89. The maximum atomic E-state index is 13.3. The van der Waals surface area contributed by atoms with Crippen molar-refractivity contribution < 1.29 is 14.0 Å². The Labute approximate surface area is 176 Å². The van der Waals surface area contributed by atoms with Gasteiger partial charge in [-0.05, 0) is 29.8 Å². The smallest absolute Gasteiger partial charge is 0.287 e. The summed E-state index contributed by atoms with van der Waals surface area (Å²) in [7, 11) is 0. The van der Waals surface area contributed by atoms with E-state index in [1.54, 1.807) is 12.1 Å². The molecule has 6 heteroatoms. The van der Waals surface area contributed by atoms with Crippen LogP contribution in [0.1, 0.15) is 16.1 Å². The minimum atomic E-state index is -0.645. The fourth-order valence-electron chi connectivity index (χ4n) is 3.73. The number of carbonyl (C=O) groups is 2. The SMILES string of the molecule is O=C(N[C@@H](Cc1ccccc1)C(=O)N1CCN(c2ccccc2)CC1)c1ccco1. The highest BCUT2D eigenvalue weighted by atomic mass is 16.3. The minimum Gasteiger partial charge on any atom is -0.459 e. The number of rotatable bonds is 6. The van der Waals surface area contributed by atoms with Crippen molar-refractivity contribution in [3.8, 4) is 0 Å². The summed E-state index contributed by atoms with van der Waals surface area (Å²) in [6, 6.07) is 22.5. The van der Waals surface area contributed by atoms with E-state index in [1.807, 2.05) is 53.4 Å². The summed E-state index contributed by atoms with van der Waals surface area (Å²) in [5.41, 5.74) is 2.16. The molecule has 1 atom stereocenters. The van der Waals surface area contributed by atoms with Crippen molar-refractivity contribution in [2.45, 2.75) is 12.5 Å². The molecule has 0 aliphatic carbocycles. The van der Waals surface area contributed by atoms with E-state index in [9.17, 15) is 9.59 Å². The fraction of sp³-hybridized carbons (Fsp3) is 0.250. The summed E-state index contributed by atoms with van der Waals surface area (Å²) in [4.78, 5) is 30.0. The van der Waals surface area contributed by atoms with E-state index < -0.39 is 6.04 Å². The van der Waals surface area contributed by atoms with Crippen molar-refractivity contribution in [2.24, 2.45) is 0 Å². The zero-order chi connectivity index (χ0) is 20.8. The molecule has 2 heterocycles. The average Bonchev–Trinajstić information content (AvgIpc) is 3.35. The number of nitrogens with one attached hydrogen (secondary N) is 1. The van der Waals surface area contributed by atoms with E-state index in [0.717, 1.165) is 24.3 Å². The van der Waals surface area contributed by atoms with Crippen LogP contribution in [0.3, 0.4) is 0 Å². The van der Waals surface area contributed by atoms with E-state index in [1.165, 1.54) is 6.26 Å². The quantitative estimate of drug-likeness (QED) is 0.687. The lowest BCUT2D eigenvalue weighted by atomic mass is 10.0. The third-order valence-corrected chi connectivity index (χ3v) is 5.34. The first-order valence-electron chi connectivity index (χ1n) is 10.2. The zero-order valence-corrected chi connectivity index (χ0v) is 16.7. The molecule has 3 aromatic rings. The molecule has 1 aliphatic heterocycles. The van der Waals surface area contributed by atoms with Crippen LogP contribution in [0, 0.1) is 0 Å². The molecule has 0 unspecified atom stereocenters. The van der Waals surface area contributed by atoms with E-state index in [4.69, 9.17) is 4.42 Å². The maximum Gasteiger partial charge on any atom is 0.287 e. The topological polar surface area (TPSA) is 65.8 Å². The molecule has 1 N–H and O–H groups in total. The Bertz CT molecular complexity index is 950. The van der Waals surface area contributed by atoms with Gasteiger partial charge in [0.1, 0.15) is 6.04 Å². The standard InChI is InChI=1S/C24H25N3O3/c28-23(22-12-7-17-30-22)25-21(18-19-8-3-1-4-9-19)24(29)27-15-13-26(14-16-27)20-10-5-2-6-11-20/h1-12,17,21H,13-16,18H2,(H,25,28)/t21-/m0/s1. The van der Waals surface area contributed by atoms with Gasteiger partial charge in [-0.25, -0.2) is 0 Å². The summed E-state index contributed by atoms with van der Waals surface area (Å²) in [6.45, 7) is 2.77. The van der Waals surface area contributed by atoms with Crippen LogP contribution in [0.4, 0.5) is 5.69 Å². The molecule has 154 valence electrons. The predicted octanol–water partition coefficient (Wildman–Crippen LogP) is 2.97. The first-order valence-corrected chi connectivity index (χ1v) is 10.2. The number of furan rings is 1. The third-order valence-electron chi connectivity index (χ3n) is 5.34. The lowest BCUT2D eigenvalue weighted by molar-refractivity contribution is -0.133. The fourth-order valence-corrected chi connectivity index (χ4v) is 3.73. The largest absolute Gasteiger partial charge is 0.459 e. The van der Waals surface area contributed by atoms with Gasteiger partial charge in [-0.2, -0.15) is 0 Å². The van der Waals surface area contributed by atoms with Crippen molar-refractivity contribution >= 4 is 17.5 Å². The van der Waals surface area contributed by atoms with E-state index >= 15 is 0 Å². The van der Waals surface area contributed by atoms with Gasteiger partial charge in [-0.1, -0.05) is 48.5 Å². The lowest BCUT2D eigenvalue weighted by Crippen LogP contribution is -2.55. The second-order valence-corrected chi connectivity index (χ2v) is 7.34. The summed E-state index contributed by atoms with van der Waals surface area (Å²) < 4.78 is 5.19. The molecular formula is C24H25N3O3. The summed E-state index contributed by atoms with van der Waals surface area (Å²) in [5.74, 6) is -0.238. The molecule has 0 saturated carbocycles. The highest BCUT2D eigenvalue weighted by Crippen LogP contribution is 2.17. The van der Waals surface area contributed by atoms with Gasteiger partial charge in [0, 0.05) is 38.3 Å². The van der Waals surface area contributed by atoms with Crippen molar-refractivity contribution in [2.75, 3.05) is 31.1 Å². The van der Waals surface area contributed by atoms with Gasteiger partial charge in [0.15, 0.2) is 5.76 Å². The van der Waals surface area contributed by atoms with Gasteiger partial charge < -0.3 is 19.5 Å². The molecule has 0 bridgehead atoms. The van der Waals surface area contributed by atoms with Crippen molar-refractivity contribution in [3.63, 3.8) is 0 Å². The van der Waals surface area contributed by atoms with Crippen molar-refractivity contribution in [1.82, 2.24) is 10.2 Å². The van der Waals surface area contributed by atoms with Crippen LogP contribution in [0.5, 0.6) is 0 Å². The molecule has 2 aromatic carbocycles. The van der Waals surface area contributed by atoms with E-state index in [2.05, 4.69) is 22.3 Å². The normalized spacial score (nSPS) is 14.9. The molecule has 4 rings (SSSR count). The Morgan fingerprint density at radius 1 is 0.867 bits per heavy atom. The Kier molecular flexibility index (Phi) is 6.13. The van der Waals surface area contributed by atoms with Gasteiger partial charge >= 0.3 is 0 Å². The van der Waals surface area contributed by atoms with Crippen LogP contribution in [0.15, 0.2) is 83.5 Å². The second-order valence-electron chi connectivity index (χ2n) is 7.34. The lowest BCUT2D eigenvalue weighted by Gasteiger charge is -2.37. The maximum absolute atomic E-state index is 13.3. The number of nitrogens with zero attached hydrogens (tertiary/aromatic N) is 2. The number of para-hydroxylation sites is 1. The minimum absolute atomic E-state index is 0.0635. The number of amides is 2. The summed E-state index contributed by atoms with van der Waals surface area (Å²) >= 11 is 0. The van der Waals surface area contributed by atoms with E-state index in [-0.39, 0.29) is 17.6 Å². The molecule has 2 amide bonds. The van der Waals surface area contributed by atoms with Gasteiger partial charge in [0.2, 0.25) is 5.91 Å². The van der Waals surface area contributed by atoms with Crippen molar-refractivity contribution in [3.05, 3.63) is 90.4 Å². The first-order chi connectivity index (χ1) is 14.7. The number of anilines is 1. The molecule has 6 nitrogen and oxygen atoms in total. The van der Waals surface area contributed by atoms with Gasteiger partial charge in [-0.3, -0.25) is 9.59 Å². The summed E-state index contributed by atoms with van der Waals surface area (Å²) in [5, 5.41) is 2.87. The monoisotopic (exact) mass is 403 g/mol. The van der Waals surface area contributed by atoms with Crippen LogP contribution < -0.4 is 10.2 Å². The van der Waals surface area contributed by atoms with Crippen molar-refractivity contribution in [1.29, 1.82) is 0 Å². The number of hydrogen-bond donors (Lipinski definition) is 1. The molecular weight excluding hydrogens is 378 g/mol. The van der Waals surface area contributed by atoms with Crippen LogP contribution in [-0.4, -0.2) is 48.9 Å². The number of piperazine rings is 1. The Hall–Kier alpha value is -3.54. The third kappa shape index (κ3) is 4.71. The molecule has 0 spiro atoms. The molecule has 1 aromatic heterocycles. The Morgan fingerprint density at radius 3 is 2.17 bits per heavy atom. The highest BCUT2D eigenvalue weighted by Gasteiger charge is 2.29. The predicted molar refractivity (Wildman–Crippen MR) is 115 cm³/mol. The zero-order valence-electron chi connectivity index (χ0n) is 16.7. The highest BCUT2D eigenvalue weighted by molar-refractivity contribution is 5.95. The first kappa shape index (κ1) is 19.8. The Morgan fingerprint density at radius 2 is 1.53 bits per heavy atom. The molecule has 1 aliphatic rings. The Balaban J connectivity index is 1.44. The number of hydrogen-bond acceptors (Lipinski definition) is 4. The van der Waals surface area contributed by atoms with Gasteiger partial charge in [-0.15, -0.1) is 0 Å². The molecule has 0 radical (unpaired) electrons. The molecule has 1 saturated heterocycles. The van der Waals surface area contributed by atoms with Gasteiger partial charge in [0.25, 0.3) is 5.91 Å². The molecule has 1 fully saturated rings.